The minimum absolute atomic E-state index is 0.0113. The molecule has 0 aliphatic carbocycles. The van der Waals surface area contributed by atoms with Gasteiger partial charge in [-0.05, 0) is 57.8 Å². The highest BCUT2D eigenvalue weighted by molar-refractivity contribution is 7.47. The molecule has 0 aromatic heterocycles. The highest BCUT2D eigenvalue weighted by Gasteiger charge is 2.27. The van der Waals surface area contributed by atoms with E-state index < -0.39 is 45.1 Å². The van der Waals surface area contributed by atoms with Crippen molar-refractivity contribution in [3.8, 4) is 0 Å². The second-order valence-corrected chi connectivity index (χ2v) is 18.7. The monoisotopic (exact) mass is 922 g/mol. The molecule has 0 spiro atoms. The Bertz CT molecular complexity index is 1250. The maximum atomic E-state index is 12.7. The van der Waals surface area contributed by atoms with Gasteiger partial charge in [0.15, 0.2) is 0 Å². The molecule has 0 rings (SSSR count). The summed E-state index contributed by atoms with van der Waals surface area (Å²) in [5, 5.41) is 8.93. The molecule has 10 nitrogen and oxygen atoms in total. The SMILES string of the molecule is CC/C=C\C/C=C\C/C=C\C/C=C\C/C=C\CCCCCCCCCCOCC(COP(=O)(O)OCC(N)C(=O)O)OC(=O)CCCCCCCCCCCCCCCCCCCC. The van der Waals surface area contributed by atoms with Gasteiger partial charge in [0.25, 0.3) is 0 Å². The minimum atomic E-state index is -4.63. The topological polar surface area (TPSA) is 155 Å². The number of carboxylic acid groups (broad SMARTS) is 1. The lowest BCUT2D eigenvalue weighted by Gasteiger charge is -2.20. The maximum Gasteiger partial charge on any atom is 0.472 e. The quantitative estimate of drug-likeness (QED) is 0.0232. The van der Waals surface area contributed by atoms with Crippen molar-refractivity contribution < 1.29 is 42.7 Å². The predicted molar refractivity (Wildman–Crippen MR) is 267 cm³/mol. The number of esters is 1. The summed E-state index contributed by atoms with van der Waals surface area (Å²) < 4.78 is 33.5. The van der Waals surface area contributed by atoms with Crippen molar-refractivity contribution in [1.82, 2.24) is 0 Å². The summed E-state index contributed by atoms with van der Waals surface area (Å²) in [6.45, 7) is 3.78. The first-order valence-electron chi connectivity index (χ1n) is 25.8. The van der Waals surface area contributed by atoms with E-state index in [0.717, 1.165) is 70.6 Å². The summed E-state index contributed by atoms with van der Waals surface area (Å²) in [5.74, 6) is -1.78. The average molecular weight is 922 g/mol. The minimum Gasteiger partial charge on any atom is -0.480 e. The Morgan fingerprint density at radius 3 is 1.36 bits per heavy atom. The summed E-state index contributed by atoms with van der Waals surface area (Å²) in [4.78, 5) is 33.7. The lowest BCUT2D eigenvalue weighted by atomic mass is 10.0. The zero-order valence-corrected chi connectivity index (χ0v) is 41.8. The number of nitrogens with two attached hydrogens (primary N) is 1. The van der Waals surface area contributed by atoms with E-state index in [0.29, 0.717) is 13.0 Å². The summed E-state index contributed by atoms with van der Waals surface area (Å²) in [6.07, 6.45) is 59.9. The molecule has 0 bridgehead atoms. The molecule has 64 heavy (non-hydrogen) atoms. The number of aliphatic carboxylic acids is 1. The second-order valence-electron chi connectivity index (χ2n) is 17.3. The number of phosphoric acid groups is 1. The number of carboxylic acids is 1. The van der Waals surface area contributed by atoms with E-state index in [1.807, 2.05) is 0 Å². The zero-order valence-electron chi connectivity index (χ0n) is 40.9. The fourth-order valence-electron chi connectivity index (χ4n) is 7.10. The zero-order chi connectivity index (χ0) is 46.9. The third-order valence-corrected chi connectivity index (χ3v) is 12.0. The van der Waals surface area contributed by atoms with Crippen LogP contribution in [0.5, 0.6) is 0 Å². The Labute approximate surface area is 392 Å². The number of carbonyl (C=O) groups excluding carboxylic acids is 1. The van der Waals surface area contributed by atoms with Crippen LogP contribution in [0.25, 0.3) is 0 Å². The fourth-order valence-corrected chi connectivity index (χ4v) is 7.88. The first kappa shape index (κ1) is 61.7. The van der Waals surface area contributed by atoms with Gasteiger partial charge in [0, 0.05) is 13.0 Å². The Kier molecular flexibility index (Phi) is 46.8. The van der Waals surface area contributed by atoms with Gasteiger partial charge in [0.1, 0.15) is 12.1 Å². The highest BCUT2D eigenvalue weighted by Crippen LogP contribution is 2.43. The Morgan fingerprint density at radius 1 is 0.516 bits per heavy atom. The van der Waals surface area contributed by atoms with Gasteiger partial charge in [-0.2, -0.15) is 0 Å². The molecule has 0 fully saturated rings. The number of phosphoric ester groups is 1. The molecule has 0 radical (unpaired) electrons. The van der Waals surface area contributed by atoms with Gasteiger partial charge in [-0.15, -0.1) is 0 Å². The van der Waals surface area contributed by atoms with Crippen LogP contribution in [0.15, 0.2) is 60.8 Å². The molecule has 11 heteroatoms. The molecule has 0 amide bonds. The third kappa shape index (κ3) is 47.6. The summed E-state index contributed by atoms with van der Waals surface area (Å²) in [5.41, 5.74) is 5.38. The van der Waals surface area contributed by atoms with Crippen molar-refractivity contribution in [2.24, 2.45) is 5.73 Å². The van der Waals surface area contributed by atoms with Gasteiger partial charge in [-0.25, -0.2) is 4.57 Å². The normalized spacial score (nSPS) is 14.2. The summed E-state index contributed by atoms with van der Waals surface area (Å²) >= 11 is 0. The van der Waals surface area contributed by atoms with Crippen LogP contribution < -0.4 is 5.73 Å². The van der Waals surface area contributed by atoms with Gasteiger partial charge in [-0.3, -0.25) is 18.6 Å². The standard InChI is InChI=1S/C53H96NO9P/c1-3-5-7-9-11-13-15-17-19-21-23-24-25-26-27-28-30-32-34-36-38-40-42-44-46-60-47-50(48-61-64(58,59)62-49-51(54)53(56)57)63-52(55)45-43-41-39-37-35-33-31-29-22-20-18-16-14-12-10-8-6-4-2/h5,7,11,13,17,19,23-24,26-27,50-51H,3-4,6,8-10,12,14-16,18,20-22,25,28-49,54H2,1-2H3,(H,56,57)(H,58,59)/b7-5-,13-11-,19-17-,24-23-,27-26-. The number of unbranched alkanes of at least 4 members (excludes halogenated alkanes) is 25. The van der Waals surface area contributed by atoms with Gasteiger partial charge >= 0.3 is 19.8 Å². The molecule has 4 N–H and O–H groups in total. The van der Waals surface area contributed by atoms with Crippen LogP contribution in [0, 0.1) is 0 Å². The van der Waals surface area contributed by atoms with Crippen LogP contribution in [-0.4, -0.2) is 60.5 Å². The lowest BCUT2D eigenvalue weighted by Crippen LogP contribution is -2.34. The van der Waals surface area contributed by atoms with Crippen LogP contribution in [-0.2, 0) is 32.7 Å². The smallest absolute Gasteiger partial charge is 0.472 e. The van der Waals surface area contributed by atoms with Crippen LogP contribution in [0.2, 0.25) is 0 Å². The van der Waals surface area contributed by atoms with Crippen LogP contribution in [0.3, 0.4) is 0 Å². The number of hydrogen-bond donors (Lipinski definition) is 3. The van der Waals surface area contributed by atoms with Crippen molar-refractivity contribution in [2.75, 3.05) is 26.4 Å². The highest BCUT2D eigenvalue weighted by atomic mass is 31.2. The Balaban J connectivity index is 4.15. The third-order valence-electron chi connectivity index (χ3n) is 11.1. The van der Waals surface area contributed by atoms with Crippen LogP contribution in [0.1, 0.15) is 226 Å². The van der Waals surface area contributed by atoms with Crippen molar-refractivity contribution in [3.05, 3.63) is 60.8 Å². The van der Waals surface area contributed by atoms with Crippen molar-refractivity contribution in [3.63, 3.8) is 0 Å². The number of carbonyl (C=O) groups is 2. The number of allylic oxidation sites excluding steroid dienone is 10. The molecule has 3 unspecified atom stereocenters. The molecule has 0 saturated heterocycles. The molecule has 372 valence electrons. The summed E-state index contributed by atoms with van der Waals surface area (Å²) in [7, 11) is -4.63. The van der Waals surface area contributed by atoms with E-state index in [-0.39, 0.29) is 13.0 Å². The number of hydrogen-bond acceptors (Lipinski definition) is 8. The Hall–Kier alpha value is -2.33. The summed E-state index contributed by atoms with van der Waals surface area (Å²) in [6, 6.07) is -1.48. The van der Waals surface area contributed by atoms with Crippen molar-refractivity contribution >= 4 is 19.8 Å². The Morgan fingerprint density at radius 2 is 0.906 bits per heavy atom. The molecule has 0 aromatic carbocycles. The molecule has 0 aliphatic rings. The van der Waals surface area contributed by atoms with Gasteiger partial charge in [0.2, 0.25) is 0 Å². The average Bonchev–Trinajstić information content (AvgIpc) is 3.28. The molecule has 3 atom stereocenters. The van der Waals surface area contributed by atoms with E-state index in [1.165, 1.54) is 128 Å². The molecule has 0 heterocycles. The number of rotatable bonds is 49. The van der Waals surface area contributed by atoms with Crippen LogP contribution >= 0.6 is 7.82 Å². The predicted octanol–water partition coefficient (Wildman–Crippen LogP) is 15.2. The second kappa shape index (κ2) is 48.6. The van der Waals surface area contributed by atoms with E-state index in [4.69, 9.17) is 29.4 Å². The molecule has 0 aromatic rings. The van der Waals surface area contributed by atoms with Gasteiger partial charge in [0.05, 0.1) is 19.8 Å². The fraction of sp³-hybridized carbons (Fsp3) is 0.774. The van der Waals surface area contributed by atoms with E-state index in [9.17, 15) is 19.0 Å². The van der Waals surface area contributed by atoms with E-state index >= 15 is 0 Å². The van der Waals surface area contributed by atoms with Crippen molar-refractivity contribution in [1.29, 1.82) is 0 Å². The first-order valence-corrected chi connectivity index (χ1v) is 27.3. The molecule has 0 saturated carbocycles. The lowest BCUT2D eigenvalue weighted by molar-refractivity contribution is -0.154. The largest absolute Gasteiger partial charge is 0.480 e. The maximum absolute atomic E-state index is 12.7. The molecular weight excluding hydrogens is 826 g/mol. The van der Waals surface area contributed by atoms with Gasteiger partial charge in [-0.1, -0.05) is 222 Å². The van der Waals surface area contributed by atoms with Crippen LogP contribution in [0.4, 0.5) is 0 Å². The van der Waals surface area contributed by atoms with Crippen molar-refractivity contribution in [2.45, 2.75) is 238 Å². The van der Waals surface area contributed by atoms with E-state index in [1.54, 1.807) is 0 Å². The van der Waals surface area contributed by atoms with E-state index in [2.05, 4.69) is 74.6 Å². The van der Waals surface area contributed by atoms with Gasteiger partial charge < -0.3 is 25.2 Å². The molecule has 0 aliphatic heterocycles. The first-order chi connectivity index (χ1) is 31.2. The number of ether oxygens (including phenoxy) is 2. The molecular formula is C53H96NO9P.